The molecule has 2 aromatic carbocycles. The summed E-state index contributed by atoms with van der Waals surface area (Å²) < 4.78 is 18.2. The van der Waals surface area contributed by atoms with Crippen molar-refractivity contribution in [2.45, 2.75) is 26.3 Å². The summed E-state index contributed by atoms with van der Waals surface area (Å²) in [5.74, 6) is 2.99. The van der Waals surface area contributed by atoms with E-state index in [9.17, 15) is 0 Å². The van der Waals surface area contributed by atoms with Crippen LogP contribution in [-0.2, 0) is 20.0 Å². The number of benzene rings is 2. The number of ether oxygens (including phenoxy) is 3. The summed E-state index contributed by atoms with van der Waals surface area (Å²) in [6.45, 7) is 2.72. The Balaban J connectivity index is 1.73. The van der Waals surface area contributed by atoms with E-state index in [0.717, 1.165) is 46.5 Å². The molecule has 0 spiro atoms. The van der Waals surface area contributed by atoms with Gasteiger partial charge >= 0.3 is 0 Å². The number of aryl methyl sites for hydroxylation is 2. The summed E-state index contributed by atoms with van der Waals surface area (Å²) in [7, 11) is 6.69. The zero-order valence-corrected chi connectivity index (χ0v) is 21.9. The standard InChI is InChI=1S/C27H30ClN5O3/c1-6-7-20-24-25(33(2)32-20)27(29-16-17-8-11-19(28)12-9-17)31-23(30-24)13-10-18-14-21(34-3)26(36-5)22(15-18)35-4/h8-15H,6-7,16H2,1-5H3,(H,29,30,31)/b13-10+. The van der Waals surface area contributed by atoms with Crippen molar-refractivity contribution in [1.82, 2.24) is 19.7 Å². The molecule has 2 aromatic heterocycles. The zero-order chi connectivity index (χ0) is 25.7. The monoisotopic (exact) mass is 507 g/mol. The molecule has 0 fully saturated rings. The van der Waals surface area contributed by atoms with Gasteiger partial charge in [0.25, 0.3) is 0 Å². The van der Waals surface area contributed by atoms with E-state index in [-0.39, 0.29) is 0 Å². The minimum atomic E-state index is 0.545. The lowest BCUT2D eigenvalue weighted by atomic mass is 10.1. The van der Waals surface area contributed by atoms with Crippen molar-refractivity contribution in [3.8, 4) is 17.2 Å². The third kappa shape index (κ3) is 5.39. The number of rotatable bonds is 10. The highest BCUT2D eigenvalue weighted by Crippen LogP contribution is 2.38. The Morgan fingerprint density at radius 1 is 0.972 bits per heavy atom. The number of methoxy groups -OCH3 is 3. The highest BCUT2D eigenvalue weighted by Gasteiger charge is 2.17. The normalized spacial score (nSPS) is 11.3. The first-order valence-electron chi connectivity index (χ1n) is 11.7. The van der Waals surface area contributed by atoms with Crippen molar-refractivity contribution in [3.63, 3.8) is 0 Å². The smallest absolute Gasteiger partial charge is 0.203 e. The van der Waals surface area contributed by atoms with Crippen LogP contribution in [0.5, 0.6) is 17.2 Å². The van der Waals surface area contributed by atoms with Crippen LogP contribution in [0.25, 0.3) is 23.2 Å². The SMILES string of the molecule is CCCc1nn(C)c2c(NCc3ccc(Cl)cc3)nc(/C=C/c3cc(OC)c(OC)c(OC)c3)nc12. The van der Waals surface area contributed by atoms with Crippen molar-refractivity contribution in [2.24, 2.45) is 7.05 Å². The molecule has 0 atom stereocenters. The third-order valence-corrected chi connectivity index (χ3v) is 5.99. The summed E-state index contributed by atoms with van der Waals surface area (Å²) in [5, 5.41) is 8.89. The second kappa shape index (κ2) is 11.3. The molecule has 0 amide bonds. The first-order valence-corrected chi connectivity index (χ1v) is 12.0. The first kappa shape index (κ1) is 25.3. The van der Waals surface area contributed by atoms with Crippen LogP contribution >= 0.6 is 11.6 Å². The number of halogens is 1. The van der Waals surface area contributed by atoms with Gasteiger partial charge in [-0.25, -0.2) is 9.97 Å². The van der Waals surface area contributed by atoms with Gasteiger partial charge in [0.2, 0.25) is 5.75 Å². The molecule has 2 heterocycles. The van der Waals surface area contributed by atoms with E-state index >= 15 is 0 Å². The maximum Gasteiger partial charge on any atom is 0.203 e. The van der Waals surface area contributed by atoms with Gasteiger partial charge in [-0.3, -0.25) is 4.68 Å². The second-order valence-electron chi connectivity index (χ2n) is 8.22. The van der Waals surface area contributed by atoms with Gasteiger partial charge in [-0.2, -0.15) is 5.10 Å². The largest absolute Gasteiger partial charge is 0.493 e. The van der Waals surface area contributed by atoms with Crippen molar-refractivity contribution in [1.29, 1.82) is 0 Å². The molecule has 0 bridgehead atoms. The number of nitrogens with zero attached hydrogens (tertiary/aromatic N) is 4. The minimum Gasteiger partial charge on any atom is -0.493 e. The lowest BCUT2D eigenvalue weighted by Gasteiger charge is -2.13. The van der Waals surface area contributed by atoms with Gasteiger partial charge in [0, 0.05) is 18.6 Å². The lowest BCUT2D eigenvalue weighted by Crippen LogP contribution is -2.06. The maximum atomic E-state index is 6.04. The molecule has 188 valence electrons. The molecule has 0 aliphatic carbocycles. The fraction of sp³-hybridized carbons (Fsp3) is 0.296. The number of hydrogen-bond donors (Lipinski definition) is 1. The molecule has 1 N–H and O–H groups in total. The molecule has 0 radical (unpaired) electrons. The van der Waals surface area contributed by atoms with E-state index in [2.05, 4.69) is 12.2 Å². The summed E-state index contributed by atoms with van der Waals surface area (Å²) in [5.41, 5.74) is 4.63. The van der Waals surface area contributed by atoms with Crippen molar-refractivity contribution >= 4 is 40.6 Å². The Morgan fingerprint density at radius 2 is 1.67 bits per heavy atom. The second-order valence-corrected chi connectivity index (χ2v) is 8.66. The Labute approximate surface area is 215 Å². The van der Waals surface area contributed by atoms with Crippen LogP contribution in [0, 0.1) is 0 Å². The number of aromatic nitrogens is 4. The van der Waals surface area contributed by atoms with Gasteiger partial charge in [0.15, 0.2) is 23.1 Å². The van der Waals surface area contributed by atoms with E-state index in [0.29, 0.717) is 34.6 Å². The van der Waals surface area contributed by atoms with Crippen LogP contribution in [-0.4, -0.2) is 41.1 Å². The highest BCUT2D eigenvalue weighted by molar-refractivity contribution is 6.30. The van der Waals surface area contributed by atoms with E-state index in [4.69, 9.17) is 40.9 Å². The Hall–Kier alpha value is -3.78. The van der Waals surface area contributed by atoms with Gasteiger partial charge in [-0.1, -0.05) is 43.2 Å². The highest BCUT2D eigenvalue weighted by atomic mass is 35.5. The number of nitrogens with one attached hydrogen (secondary N) is 1. The van der Waals surface area contributed by atoms with Gasteiger partial charge in [-0.05, 0) is 47.9 Å². The summed E-state index contributed by atoms with van der Waals surface area (Å²) in [6, 6.07) is 11.5. The minimum absolute atomic E-state index is 0.545. The molecule has 0 saturated heterocycles. The molecular weight excluding hydrogens is 478 g/mol. The molecule has 0 aliphatic heterocycles. The molecule has 4 aromatic rings. The van der Waals surface area contributed by atoms with E-state index in [1.165, 1.54) is 0 Å². The Morgan fingerprint density at radius 3 is 2.28 bits per heavy atom. The Kier molecular flexibility index (Phi) is 7.95. The predicted octanol–water partition coefficient (Wildman–Crippen LogP) is 5.78. The van der Waals surface area contributed by atoms with Crippen LogP contribution in [0.1, 0.15) is 36.0 Å². The van der Waals surface area contributed by atoms with Crippen LogP contribution in [0.4, 0.5) is 5.82 Å². The van der Waals surface area contributed by atoms with E-state index in [1.807, 2.05) is 60.3 Å². The number of anilines is 1. The van der Waals surface area contributed by atoms with E-state index < -0.39 is 0 Å². The van der Waals surface area contributed by atoms with Crippen LogP contribution < -0.4 is 19.5 Å². The van der Waals surface area contributed by atoms with Gasteiger partial charge in [-0.15, -0.1) is 0 Å². The first-order chi connectivity index (χ1) is 17.5. The van der Waals surface area contributed by atoms with Crippen molar-refractivity contribution in [2.75, 3.05) is 26.6 Å². The summed E-state index contributed by atoms with van der Waals surface area (Å²) in [4.78, 5) is 9.67. The average Bonchev–Trinajstić information content (AvgIpc) is 3.21. The predicted molar refractivity (Wildman–Crippen MR) is 144 cm³/mol. The fourth-order valence-corrected chi connectivity index (χ4v) is 4.14. The number of fused-ring (bicyclic) bond motifs is 1. The molecule has 0 unspecified atom stereocenters. The maximum absolute atomic E-state index is 6.04. The average molecular weight is 508 g/mol. The Bertz CT molecular complexity index is 1360. The topological polar surface area (TPSA) is 83.3 Å². The fourth-order valence-electron chi connectivity index (χ4n) is 4.02. The lowest BCUT2D eigenvalue weighted by molar-refractivity contribution is 0.324. The summed E-state index contributed by atoms with van der Waals surface area (Å²) in [6.07, 6.45) is 5.60. The molecule has 0 saturated carbocycles. The number of hydrogen-bond acceptors (Lipinski definition) is 7. The molecule has 0 aliphatic rings. The quantitative estimate of drug-likeness (QED) is 0.291. The van der Waals surface area contributed by atoms with Crippen molar-refractivity contribution < 1.29 is 14.2 Å². The van der Waals surface area contributed by atoms with Gasteiger partial charge in [0.1, 0.15) is 11.0 Å². The third-order valence-electron chi connectivity index (χ3n) is 5.74. The van der Waals surface area contributed by atoms with Gasteiger partial charge < -0.3 is 19.5 Å². The molecule has 36 heavy (non-hydrogen) atoms. The zero-order valence-electron chi connectivity index (χ0n) is 21.1. The van der Waals surface area contributed by atoms with Crippen LogP contribution in [0.15, 0.2) is 36.4 Å². The molecular formula is C27H30ClN5O3. The van der Waals surface area contributed by atoms with Crippen LogP contribution in [0.3, 0.4) is 0 Å². The van der Waals surface area contributed by atoms with Gasteiger partial charge in [0.05, 0.1) is 27.0 Å². The van der Waals surface area contributed by atoms with Crippen molar-refractivity contribution in [3.05, 3.63) is 64.1 Å². The molecule has 4 rings (SSSR count). The molecule has 9 heteroatoms. The summed E-state index contributed by atoms with van der Waals surface area (Å²) >= 11 is 6.04. The van der Waals surface area contributed by atoms with E-state index in [1.54, 1.807) is 21.3 Å². The molecule has 8 nitrogen and oxygen atoms in total. The van der Waals surface area contributed by atoms with Crippen LogP contribution in [0.2, 0.25) is 5.02 Å².